The Labute approximate surface area is 263 Å². The quantitative estimate of drug-likeness (QED) is 0.279. The van der Waals surface area contributed by atoms with Crippen LogP contribution in [-0.4, -0.2) is 123 Å². The van der Waals surface area contributed by atoms with E-state index in [-0.39, 0.29) is 48.1 Å². The van der Waals surface area contributed by atoms with Crippen LogP contribution in [0.1, 0.15) is 27.6 Å². The van der Waals surface area contributed by atoms with Crippen molar-refractivity contribution in [1.82, 2.24) is 9.80 Å². The molecule has 11 heteroatoms. The number of likely N-dealkylation sites (N-methyl/N-ethyl adjacent to an activating group) is 2. The molecule has 2 aromatic rings. The Morgan fingerprint density at radius 2 is 1.02 bits per heavy atom. The van der Waals surface area contributed by atoms with Crippen molar-refractivity contribution in [2.75, 3.05) is 106 Å². The first-order chi connectivity index (χ1) is 18.4. The van der Waals surface area contributed by atoms with Gasteiger partial charge in [-0.3, -0.25) is 0 Å². The van der Waals surface area contributed by atoms with E-state index in [1.165, 1.54) is 0 Å². The summed E-state index contributed by atoms with van der Waals surface area (Å²) in [4.78, 5) is 30.8. The Kier molecular flexibility index (Phi) is 27.2. The van der Waals surface area contributed by atoms with Gasteiger partial charge in [-0.2, -0.15) is 7.11 Å². The van der Waals surface area contributed by atoms with Crippen LogP contribution in [-0.2, 0) is 9.47 Å². The molecule has 2 rings (SSSR count). The molecule has 0 saturated carbocycles. The Hall–Kier alpha value is -2.18. The van der Waals surface area contributed by atoms with Crippen molar-refractivity contribution in [1.29, 1.82) is 0 Å². The molecule has 0 spiro atoms. The van der Waals surface area contributed by atoms with Gasteiger partial charge in [-0.05, 0) is 83.6 Å². The summed E-state index contributed by atoms with van der Waals surface area (Å²) in [6.45, 7) is 4.39. The summed E-state index contributed by atoms with van der Waals surface area (Å²) in [6, 6.07) is 14.7. The Morgan fingerprint density at radius 3 is 1.27 bits per heavy atom. The number of aliphatic hydroxyl groups excluding tert-OH is 1. The van der Waals surface area contributed by atoms with Gasteiger partial charge in [0.2, 0.25) is 0 Å². The molecule has 0 aliphatic rings. The predicted octanol–water partition coefficient (Wildman–Crippen LogP) is -1.08. The first kappa shape index (κ1) is 42.3. The smallest absolute Gasteiger partial charge is 0.857 e. The molecule has 0 fully saturated rings. The van der Waals surface area contributed by atoms with Crippen molar-refractivity contribution < 1.29 is 58.8 Å². The zero-order chi connectivity index (χ0) is 30.4. The summed E-state index contributed by atoms with van der Waals surface area (Å²) in [5.41, 5.74) is 3.32. The summed E-state index contributed by atoms with van der Waals surface area (Å²) < 4.78 is 10.0. The van der Waals surface area contributed by atoms with Gasteiger partial charge in [0.1, 0.15) is 6.61 Å². The Balaban J connectivity index is -0.000000537. The first-order valence-electron chi connectivity index (χ1n) is 12.6. The maximum absolute atomic E-state index is 11.7. The minimum atomic E-state index is -0.267. The van der Waals surface area contributed by atoms with Crippen molar-refractivity contribution >= 4 is 23.3 Å². The molecule has 0 aliphatic heterocycles. The van der Waals surface area contributed by atoms with Crippen molar-refractivity contribution in [2.45, 2.75) is 6.92 Å². The van der Waals surface area contributed by atoms with E-state index in [0.717, 1.165) is 31.6 Å². The molecule has 0 saturated heterocycles. The van der Waals surface area contributed by atoms with Crippen LogP contribution in [0.2, 0.25) is 0 Å². The molecule has 0 atom stereocenters. The average Bonchev–Trinajstić information content (AvgIpc) is 2.90. The van der Waals surface area contributed by atoms with Crippen LogP contribution in [0.5, 0.6) is 0 Å². The molecule has 1 N–H and O–H groups in total. The number of nitrogens with zero attached hydrogens (tertiary/aromatic N) is 4. The minimum Gasteiger partial charge on any atom is -0.857 e. The van der Waals surface area contributed by atoms with Crippen LogP contribution in [0, 0.1) is 0 Å². The van der Waals surface area contributed by atoms with Gasteiger partial charge >= 0.3 is 41.5 Å². The number of benzene rings is 2. The second-order valence-corrected chi connectivity index (χ2v) is 9.07. The predicted molar refractivity (Wildman–Crippen MR) is 158 cm³/mol. The van der Waals surface area contributed by atoms with Crippen molar-refractivity contribution in [2.24, 2.45) is 0 Å². The number of carbonyl (C=O) groups excluding carboxylic acids is 2. The molecule has 0 unspecified atom stereocenters. The van der Waals surface area contributed by atoms with Gasteiger partial charge in [-0.15, -0.1) is 0 Å². The van der Waals surface area contributed by atoms with E-state index in [9.17, 15) is 9.59 Å². The molecule has 0 aromatic heterocycles. The zero-order valence-electron chi connectivity index (χ0n) is 26.4. The number of hydrogen-bond donors (Lipinski definition) is 1. The van der Waals surface area contributed by atoms with E-state index in [1.54, 1.807) is 31.2 Å². The number of hydrogen-bond acceptors (Lipinski definition) is 10. The van der Waals surface area contributed by atoms with E-state index in [4.69, 9.17) is 19.7 Å². The zero-order valence-corrected chi connectivity index (χ0v) is 28.4. The van der Waals surface area contributed by atoms with Crippen LogP contribution in [0.15, 0.2) is 48.5 Å². The van der Waals surface area contributed by atoms with Crippen LogP contribution >= 0.6 is 0 Å². The number of carbonyl (C=O) groups is 2. The average molecular weight is 573 g/mol. The Bertz CT molecular complexity index is 892. The van der Waals surface area contributed by atoms with E-state index in [1.807, 2.05) is 100 Å². The number of ether oxygens (including phenoxy) is 2. The largest absolute Gasteiger partial charge is 1.00 e. The van der Waals surface area contributed by atoms with E-state index < -0.39 is 0 Å². The summed E-state index contributed by atoms with van der Waals surface area (Å²) in [5, 5.41) is 16.4. The van der Waals surface area contributed by atoms with Crippen LogP contribution < -0.4 is 44.5 Å². The fourth-order valence-corrected chi connectivity index (χ4v) is 2.61. The molecule has 10 nitrogen and oxygen atoms in total. The SMILES string of the molecule is CCOC(=O)c1ccc(N(C)C)cc1.CN(C)CCO.CN(C)CCOC(=O)c1ccc(N(C)C)cc1.C[O-].[Na+]. The number of esters is 2. The van der Waals surface area contributed by atoms with Gasteiger partial charge in [0.15, 0.2) is 0 Å². The molecule has 222 valence electrons. The van der Waals surface area contributed by atoms with Crippen molar-refractivity contribution in [3.05, 3.63) is 59.7 Å². The molecule has 0 aliphatic carbocycles. The Morgan fingerprint density at radius 1 is 0.675 bits per heavy atom. The van der Waals surface area contributed by atoms with E-state index in [0.29, 0.717) is 24.3 Å². The molecule has 0 amide bonds. The molecule has 0 bridgehead atoms. The maximum atomic E-state index is 11.7. The van der Waals surface area contributed by atoms with Crippen LogP contribution in [0.25, 0.3) is 0 Å². The summed E-state index contributed by atoms with van der Waals surface area (Å²) in [6.07, 6.45) is 0. The molecule has 40 heavy (non-hydrogen) atoms. The van der Waals surface area contributed by atoms with Gasteiger partial charge < -0.3 is 39.3 Å². The maximum Gasteiger partial charge on any atom is 1.00 e. The molecule has 0 heterocycles. The van der Waals surface area contributed by atoms with E-state index in [2.05, 4.69) is 0 Å². The number of rotatable bonds is 10. The van der Waals surface area contributed by atoms with Gasteiger partial charge in [-0.1, -0.05) is 0 Å². The van der Waals surface area contributed by atoms with Crippen LogP contribution in [0.3, 0.4) is 0 Å². The number of anilines is 2. The molecule has 2 aromatic carbocycles. The third kappa shape index (κ3) is 20.7. The number of aliphatic hydroxyl groups is 1. The minimum absolute atomic E-state index is 0. The molecule has 0 radical (unpaired) electrons. The molecular formula is C29H49N4NaO6. The van der Waals surface area contributed by atoms with Crippen molar-refractivity contribution in [3.8, 4) is 0 Å². The second kappa shape index (κ2) is 25.8. The fourth-order valence-electron chi connectivity index (χ4n) is 2.61. The third-order valence-corrected chi connectivity index (χ3v) is 4.83. The van der Waals surface area contributed by atoms with Crippen LogP contribution in [0.4, 0.5) is 11.4 Å². The van der Waals surface area contributed by atoms with E-state index >= 15 is 0 Å². The summed E-state index contributed by atoms with van der Waals surface area (Å²) >= 11 is 0. The fraction of sp³-hybridized carbons (Fsp3) is 0.517. The topological polar surface area (TPSA) is 109 Å². The monoisotopic (exact) mass is 572 g/mol. The first-order valence-corrected chi connectivity index (χ1v) is 12.6. The second-order valence-electron chi connectivity index (χ2n) is 9.07. The van der Waals surface area contributed by atoms with Gasteiger partial charge in [-0.25, -0.2) is 9.59 Å². The van der Waals surface area contributed by atoms with Gasteiger partial charge in [0.05, 0.1) is 24.3 Å². The van der Waals surface area contributed by atoms with Gasteiger partial charge in [0.25, 0.3) is 0 Å². The molecular weight excluding hydrogens is 523 g/mol. The standard InChI is InChI=1S/C13H20N2O2.C11H15NO2.C4H11NO.CH3O.Na/c1-14(2)9-10-17-13(16)11-5-7-12(8-6-11)15(3)4;1-4-14-11(13)9-5-7-10(8-6-9)12(2)3;1-5(2)3-4-6;1-2;/h5-8H,9-10H2,1-4H3;5-8H,4H2,1-3H3;6H,3-4H2,1-2H3;1H3;/q;;;-1;+1. The summed E-state index contributed by atoms with van der Waals surface area (Å²) in [7, 11) is 16.3. The van der Waals surface area contributed by atoms with Gasteiger partial charge in [0, 0.05) is 52.7 Å². The third-order valence-electron chi connectivity index (χ3n) is 4.83. The van der Waals surface area contributed by atoms with Crippen molar-refractivity contribution in [3.63, 3.8) is 0 Å². The summed E-state index contributed by atoms with van der Waals surface area (Å²) in [5.74, 6) is -0.532. The normalized spacial score (nSPS) is 9.45.